The molecule has 1 atom stereocenters. The van der Waals surface area contributed by atoms with Crippen molar-refractivity contribution in [3.05, 3.63) is 0 Å². The van der Waals surface area contributed by atoms with E-state index in [0.717, 1.165) is 0 Å². The minimum atomic E-state index is -3.33. The molecule has 3 nitrogen and oxygen atoms in total. The fraction of sp³-hybridized carbons (Fsp3) is 1.00. The Balaban J connectivity index is 3.61. The van der Waals surface area contributed by atoms with E-state index in [2.05, 4.69) is 19.8 Å². The van der Waals surface area contributed by atoms with Gasteiger partial charge < -0.3 is 0 Å². The third kappa shape index (κ3) is 3.23. The van der Waals surface area contributed by atoms with Crippen LogP contribution in [0, 0.1) is 0 Å². The molecule has 0 bridgehead atoms. The Bertz CT molecular complexity index is 84.9. The molecule has 1 unspecified atom stereocenters. The van der Waals surface area contributed by atoms with Crippen molar-refractivity contribution in [3.63, 3.8) is 0 Å². The van der Waals surface area contributed by atoms with Crippen LogP contribution in [-0.2, 0) is 10.6 Å². The van der Waals surface area contributed by atoms with Gasteiger partial charge in [-0.25, -0.2) is 0 Å². The van der Waals surface area contributed by atoms with Crippen molar-refractivity contribution in [1.82, 2.24) is 0 Å². The standard InChI is InChI=1S/C2H7AsO3S/c1-3(4,5-2)6-7/h7H,1-2H3. The van der Waals surface area contributed by atoms with Crippen molar-refractivity contribution >= 4 is 27.1 Å². The van der Waals surface area contributed by atoms with Gasteiger partial charge in [0.25, 0.3) is 0 Å². The van der Waals surface area contributed by atoms with Crippen LogP contribution in [-0.4, -0.2) is 21.3 Å². The zero-order chi connectivity index (χ0) is 5.91. The number of rotatable bonds is 2. The Hall–Kier alpha value is 0.628. The predicted molar refractivity (Wildman–Crippen MR) is 29.4 cm³/mol. The molecule has 0 spiro atoms. The van der Waals surface area contributed by atoms with Gasteiger partial charge in [-0.05, 0) is 0 Å². The molecule has 0 aromatic rings. The maximum atomic E-state index is 10.5. The van der Waals surface area contributed by atoms with E-state index in [9.17, 15) is 3.74 Å². The van der Waals surface area contributed by atoms with Gasteiger partial charge in [0.05, 0.1) is 0 Å². The molecule has 0 aliphatic rings. The van der Waals surface area contributed by atoms with E-state index in [1.54, 1.807) is 0 Å². The molecule has 7 heavy (non-hydrogen) atoms. The third-order valence-corrected chi connectivity index (χ3v) is 4.04. The molecule has 5 heteroatoms. The normalized spacial score (nSPS) is 18.7. The molecule has 0 saturated heterocycles. The van der Waals surface area contributed by atoms with Crippen LogP contribution in [0.25, 0.3) is 0 Å². The zero-order valence-electron chi connectivity index (χ0n) is 4.12. The topological polar surface area (TPSA) is 35.5 Å². The molecule has 0 radical (unpaired) electrons. The summed E-state index contributed by atoms with van der Waals surface area (Å²) in [5, 5.41) is 0. The van der Waals surface area contributed by atoms with Crippen LogP contribution in [0.5, 0.6) is 0 Å². The molecule has 0 N–H and O–H groups in total. The number of thiol groups is 1. The Morgan fingerprint density at radius 3 is 2.14 bits per heavy atom. The van der Waals surface area contributed by atoms with Crippen molar-refractivity contribution < 1.29 is 10.6 Å². The first kappa shape index (κ1) is 7.63. The van der Waals surface area contributed by atoms with E-state index >= 15 is 0 Å². The van der Waals surface area contributed by atoms with Gasteiger partial charge in [0.2, 0.25) is 0 Å². The van der Waals surface area contributed by atoms with Crippen LogP contribution >= 0.6 is 12.9 Å². The summed E-state index contributed by atoms with van der Waals surface area (Å²) in [6, 6.07) is 0. The molecule has 0 fully saturated rings. The summed E-state index contributed by atoms with van der Waals surface area (Å²) in [5.41, 5.74) is 1.39. The van der Waals surface area contributed by atoms with Crippen LogP contribution < -0.4 is 0 Å². The fourth-order valence-electron chi connectivity index (χ4n) is 0.0333. The summed E-state index contributed by atoms with van der Waals surface area (Å²) >= 11 is -0.0101. The van der Waals surface area contributed by atoms with Crippen LogP contribution in [0.1, 0.15) is 0 Å². The second kappa shape index (κ2) is 2.82. The van der Waals surface area contributed by atoms with Crippen molar-refractivity contribution in [2.75, 3.05) is 7.11 Å². The zero-order valence-corrected chi connectivity index (χ0v) is 6.89. The maximum absolute atomic E-state index is 10.5. The van der Waals surface area contributed by atoms with Crippen LogP contribution in [0.3, 0.4) is 0 Å². The fourth-order valence-corrected chi connectivity index (χ4v) is 0.520. The SMILES string of the molecule is CO[As](C)(=O)OS. The van der Waals surface area contributed by atoms with Crippen molar-refractivity contribution in [2.45, 2.75) is 5.71 Å². The summed E-state index contributed by atoms with van der Waals surface area (Å²) in [7, 11) is 1.33. The van der Waals surface area contributed by atoms with E-state index in [1.807, 2.05) is 0 Å². The summed E-state index contributed by atoms with van der Waals surface area (Å²) in [5.74, 6) is 0. The van der Waals surface area contributed by atoms with Gasteiger partial charge in [0.15, 0.2) is 0 Å². The quantitative estimate of drug-likeness (QED) is 0.387. The van der Waals surface area contributed by atoms with E-state index < -0.39 is 14.2 Å². The first-order valence-corrected chi connectivity index (χ1v) is 6.13. The molecule has 44 valence electrons. The van der Waals surface area contributed by atoms with Crippen LogP contribution in [0.4, 0.5) is 0 Å². The van der Waals surface area contributed by atoms with Gasteiger partial charge >= 0.3 is 50.5 Å². The Morgan fingerprint density at radius 1 is 1.71 bits per heavy atom. The van der Waals surface area contributed by atoms with Gasteiger partial charge in [-0.3, -0.25) is 0 Å². The molecular weight excluding hydrogens is 179 g/mol. The molecule has 0 aromatic carbocycles. The van der Waals surface area contributed by atoms with Gasteiger partial charge in [-0.2, -0.15) is 0 Å². The summed E-state index contributed by atoms with van der Waals surface area (Å²) in [4.78, 5) is 0. The first-order chi connectivity index (χ1) is 3.12. The Labute approximate surface area is 51.0 Å². The molecule has 0 saturated carbocycles. The van der Waals surface area contributed by atoms with Gasteiger partial charge in [-0.1, -0.05) is 0 Å². The van der Waals surface area contributed by atoms with Gasteiger partial charge in [-0.15, -0.1) is 0 Å². The van der Waals surface area contributed by atoms with Gasteiger partial charge in [0.1, 0.15) is 0 Å². The Morgan fingerprint density at radius 2 is 2.14 bits per heavy atom. The van der Waals surface area contributed by atoms with Crippen molar-refractivity contribution in [2.24, 2.45) is 0 Å². The van der Waals surface area contributed by atoms with Crippen molar-refractivity contribution in [3.8, 4) is 0 Å². The summed E-state index contributed by atoms with van der Waals surface area (Å²) in [6.45, 7) is 0. The average Bonchev–Trinajstić information content (AvgIpc) is 1.68. The molecule has 0 aromatic heterocycles. The number of hydrogen-bond donors (Lipinski definition) is 1. The van der Waals surface area contributed by atoms with E-state index in [4.69, 9.17) is 0 Å². The molecule has 0 aliphatic heterocycles. The first-order valence-electron chi connectivity index (χ1n) is 1.59. The molecule has 0 heterocycles. The number of hydrogen-bond acceptors (Lipinski definition) is 4. The van der Waals surface area contributed by atoms with Gasteiger partial charge in [0, 0.05) is 0 Å². The molecule has 0 amide bonds. The average molecular weight is 186 g/mol. The Kier molecular flexibility index (Phi) is 3.07. The molecular formula is C2H7AsO3S. The van der Waals surface area contributed by atoms with E-state index in [1.165, 1.54) is 12.8 Å². The van der Waals surface area contributed by atoms with E-state index in [0.29, 0.717) is 0 Å². The monoisotopic (exact) mass is 186 g/mol. The minimum absolute atomic E-state index is 1.33. The van der Waals surface area contributed by atoms with Crippen LogP contribution in [0.15, 0.2) is 0 Å². The van der Waals surface area contributed by atoms with Crippen LogP contribution in [0.2, 0.25) is 5.71 Å². The molecule has 0 rings (SSSR count). The second-order valence-corrected chi connectivity index (χ2v) is 6.23. The van der Waals surface area contributed by atoms with E-state index in [-0.39, 0.29) is 0 Å². The second-order valence-electron chi connectivity index (χ2n) is 1.04. The summed E-state index contributed by atoms with van der Waals surface area (Å²) in [6.07, 6.45) is 0. The van der Waals surface area contributed by atoms with Crippen molar-refractivity contribution in [1.29, 1.82) is 0 Å². The molecule has 0 aliphatic carbocycles. The third-order valence-electron chi connectivity index (χ3n) is 0.480. The summed E-state index contributed by atoms with van der Waals surface area (Å²) < 4.78 is 19.1. The predicted octanol–water partition coefficient (Wildman–Crippen LogP) is 0.493.